The third-order valence-corrected chi connectivity index (χ3v) is 2.61. The SMILES string of the molecule is CCC(C)N(C(=O)C(F)(F)F)C(C)CC. The first-order chi connectivity index (χ1) is 6.75. The third-order valence-electron chi connectivity index (χ3n) is 2.61. The van der Waals surface area contributed by atoms with Crippen molar-refractivity contribution in [2.24, 2.45) is 0 Å². The number of rotatable bonds is 4. The highest BCUT2D eigenvalue weighted by molar-refractivity contribution is 5.82. The fraction of sp³-hybridized carbons (Fsp3) is 0.900. The minimum absolute atomic E-state index is 0.380. The van der Waals surface area contributed by atoms with Crippen LogP contribution in [0, 0.1) is 0 Å². The fourth-order valence-electron chi connectivity index (χ4n) is 1.37. The molecule has 0 heterocycles. The summed E-state index contributed by atoms with van der Waals surface area (Å²) in [6.45, 7) is 6.80. The Morgan fingerprint density at radius 2 is 1.47 bits per heavy atom. The molecule has 0 aliphatic heterocycles. The van der Waals surface area contributed by atoms with Crippen LogP contribution in [0.25, 0.3) is 0 Å². The monoisotopic (exact) mass is 225 g/mol. The van der Waals surface area contributed by atoms with Gasteiger partial charge in [0.15, 0.2) is 0 Å². The number of nitrogens with zero attached hydrogens (tertiary/aromatic N) is 1. The summed E-state index contributed by atoms with van der Waals surface area (Å²) in [5, 5.41) is 0. The Hall–Kier alpha value is -0.740. The molecule has 0 radical (unpaired) electrons. The van der Waals surface area contributed by atoms with Gasteiger partial charge in [-0.3, -0.25) is 4.79 Å². The van der Waals surface area contributed by atoms with Crippen LogP contribution in [0.5, 0.6) is 0 Å². The van der Waals surface area contributed by atoms with Gasteiger partial charge in [-0.05, 0) is 26.7 Å². The lowest BCUT2D eigenvalue weighted by Crippen LogP contribution is -2.50. The third kappa shape index (κ3) is 3.72. The van der Waals surface area contributed by atoms with Gasteiger partial charge in [0.05, 0.1) is 0 Å². The smallest absolute Gasteiger partial charge is 0.330 e. The summed E-state index contributed by atoms with van der Waals surface area (Å²) in [4.78, 5) is 12.1. The molecule has 0 aromatic carbocycles. The van der Waals surface area contributed by atoms with Crippen LogP contribution in [-0.4, -0.2) is 29.1 Å². The van der Waals surface area contributed by atoms with Gasteiger partial charge < -0.3 is 4.90 Å². The summed E-state index contributed by atoms with van der Waals surface area (Å²) in [7, 11) is 0. The van der Waals surface area contributed by atoms with Crippen LogP contribution in [0.4, 0.5) is 13.2 Å². The molecule has 2 atom stereocenters. The Bertz CT molecular complexity index is 205. The van der Waals surface area contributed by atoms with E-state index in [0.717, 1.165) is 4.90 Å². The molecular formula is C10H18F3NO. The van der Waals surface area contributed by atoms with E-state index < -0.39 is 12.1 Å². The molecule has 0 aliphatic rings. The number of halogens is 3. The van der Waals surface area contributed by atoms with Crippen LogP contribution >= 0.6 is 0 Å². The summed E-state index contributed by atoms with van der Waals surface area (Å²) in [5.41, 5.74) is 0. The Morgan fingerprint density at radius 1 is 1.13 bits per heavy atom. The van der Waals surface area contributed by atoms with Crippen molar-refractivity contribution >= 4 is 5.91 Å². The average molecular weight is 225 g/mol. The van der Waals surface area contributed by atoms with E-state index in [1.807, 2.05) is 0 Å². The van der Waals surface area contributed by atoms with Gasteiger partial charge in [0.1, 0.15) is 0 Å². The molecule has 0 spiro atoms. The number of carbonyl (C=O) groups is 1. The average Bonchev–Trinajstić information content (AvgIpc) is 2.15. The van der Waals surface area contributed by atoms with Crippen LogP contribution in [0.15, 0.2) is 0 Å². The van der Waals surface area contributed by atoms with Crippen molar-refractivity contribution in [2.45, 2.75) is 58.8 Å². The zero-order valence-corrected chi connectivity index (χ0v) is 9.56. The predicted molar refractivity (Wildman–Crippen MR) is 52.4 cm³/mol. The topological polar surface area (TPSA) is 20.3 Å². The molecule has 0 saturated carbocycles. The van der Waals surface area contributed by atoms with Gasteiger partial charge in [-0.25, -0.2) is 0 Å². The largest absolute Gasteiger partial charge is 0.471 e. The maximum absolute atomic E-state index is 12.3. The van der Waals surface area contributed by atoms with E-state index >= 15 is 0 Å². The molecular weight excluding hydrogens is 207 g/mol. The lowest BCUT2D eigenvalue weighted by molar-refractivity contribution is -0.190. The zero-order chi connectivity index (χ0) is 12.2. The predicted octanol–water partition coefficient (Wildman–Crippen LogP) is 2.97. The molecule has 15 heavy (non-hydrogen) atoms. The minimum atomic E-state index is -4.77. The van der Waals surface area contributed by atoms with Gasteiger partial charge >= 0.3 is 12.1 Å². The van der Waals surface area contributed by atoms with Gasteiger partial charge in [0, 0.05) is 12.1 Å². The molecule has 2 unspecified atom stereocenters. The number of alkyl halides is 3. The Balaban J connectivity index is 4.87. The lowest BCUT2D eigenvalue weighted by Gasteiger charge is -2.34. The Morgan fingerprint density at radius 3 is 1.67 bits per heavy atom. The van der Waals surface area contributed by atoms with E-state index in [-0.39, 0.29) is 12.1 Å². The first-order valence-electron chi connectivity index (χ1n) is 5.15. The van der Waals surface area contributed by atoms with Crippen LogP contribution in [0.3, 0.4) is 0 Å². The first kappa shape index (κ1) is 14.3. The molecule has 0 saturated heterocycles. The summed E-state index contributed by atoms with van der Waals surface area (Å²) in [6.07, 6.45) is -3.73. The van der Waals surface area contributed by atoms with Crippen LogP contribution < -0.4 is 0 Å². The fourth-order valence-corrected chi connectivity index (χ4v) is 1.37. The van der Waals surface area contributed by atoms with Gasteiger partial charge in [-0.1, -0.05) is 13.8 Å². The molecule has 0 rings (SSSR count). The van der Waals surface area contributed by atoms with Crippen molar-refractivity contribution < 1.29 is 18.0 Å². The highest BCUT2D eigenvalue weighted by Crippen LogP contribution is 2.23. The van der Waals surface area contributed by atoms with Crippen molar-refractivity contribution in [3.63, 3.8) is 0 Å². The van der Waals surface area contributed by atoms with E-state index in [1.165, 1.54) is 0 Å². The lowest BCUT2D eigenvalue weighted by atomic mass is 10.1. The summed E-state index contributed by atoms with van der Waals surface area (Å²) >= 11 is 0. The van der Waals surface area contributed by atoms with Gasteiger partial charge in [0.25, 0.3) is 0 Å². The van der Waals surface area contributed by atoms with Gasteiger partial charge in [-0.2, -0.15) is 13.2 Å². The van der Waals surface area contributed by atoms with Crippen molar-refractivity contribution in [1.29, 1.82) is 0 Å². The van der Waals surface area contributed by atoms with Crippen molar-refractivity contribution in [1.82, 2.24) is 4.90 Å². The standard InChI is InChI=1S/C10H18F3NO/c1-5-7(3)14(8(4)6-2)9(15)10(11,12)13/h7-8H,5-6H2,1-4H3. The van der Waals surface area contributed by atoms with Crippen molar-refractivity contribution in [3.8, 4) is 0 Å². The summed E-state index contributed by atoms with van der Waals surface area (Å²) < 4.78 is 36.9. The second kappa shape index (κ2) is 5.37. The second-order valence-corrected chi connectivity index (χ2v) is 3.72. The van der Waals surface area contributed by atoms with Crippen molar-refractivity contribution in [3.05, 3.63) is 0 Å². The number of carbonyl (C=O) groups excluding carboxylic acids is 1. The summed E-state index contributed by atoms with van der Waals surface area (Å²) in [6, 6.07) is -0.761. The van der Waals surface area contributed by atoms with E-state index in [0.29, 0.717) is 12.8 Å². The molecule has 2 nitrogen and oxygen atoms in total. The van der Waals surface area contributed by atoms with Gasteiger partial charge in [-0.15, -0.1) is 0 Å². The second-order valence-electron chi connectivity index (χ2n) is 3.72. The van der Waals surface area contributed by atoms with E-state index in [1.54, 1.807) is 27.7 Å². The minimum Gasteiger partial charge on any atom is -0.330 e. The normalized spacial score (nSPS) is 15.9. The molecule has 1 amide bonds. The first-order valence-corrected chi connectivity index (χ1v) is 5.15. The molecule has 0 bridgehead atoms. The molecule has 0 aromatic rings. The molecule has 0 aromatic heterocycles. The highest BCUT2D eigenvalue weighted by atomic mass is 19.4. The molecule has 0 aliphatic carbocycles. The molecule has 5 heteroatoms. The van der Waals surface area contributed by atoms with Crippen LogP contribution in [-0.2, 0) is 4.79 Å². The Kier molecular flexibility index (Phi) is 5.11. The van der Waals surface area contributed by atoms with Crippen molar-refractivity contribution in [2.75, 3.05) is 0 Å². The zero-order valence-electron chi connectivity index (χ0n) is 9.56. The maximum Gasteiger partial charge on any atom is 0.471 e. The van der Waals surface area contributed by atoms with E-state index in [9.17, 15) is 18.0 Å². The molecule has 0 N–H and O–H groups in total. The highest BCUT2D eigenvalue weighted by Gasteiger charge is 2.44. The van der Waals surface area contributed by atoms with Crippen LogP contribution in [0.1, 0.15) is 40.5 Å². The molecule has 0 fully saturated rings. The van der Waals surface area contributed by atoms with Crippen LogP contribution in [0.2, 0.25) is 0 Å². The quantitative estimate of drug-likeness (QED) is 0.720. The van der Waals surface area contributed by atoms with E-state index in [4.69, 9.17) is 0 Å². The molecule has 90 valence electrons. The maximum atomic E-state index is 12.3. The number of amides is 1. The van der Waals surface area contributed by atoms with E-state index in [2.05, 4.69) is 0 Å². The Labute approximate surface area is 88.4 Å². The van der Waals surface area contributed by atoms with Gasteiger partial charge in [0.2, 0.25) is 0 Å². The summed E-state index contributed by atoms with van der Waals surface area (Å²) in [5.74, 6) is -1.73. The number of hydrogen-bond acceptors (Lipinski definition) is 1. The number of hydrogen-bond donors (Lipinski definition) is 0.